The number of amides is 1. The van der Waals surface area contributed by atoms with Gasteiger partial charge in [-0.05, 0) is 41.3 Å². The third-order valence-corrected chi connectivity index (χ3v) is 5.98. The molecule has 0 fully saturated rings. The van der Waals surface area contributed by atoms with E-state index in [4.69, 9.17) is 4.74 Å². The zero-order valence-corrected chi connectivity index (χ0v) is 17.4. The van der Waals surface area contributed by atoms with Gasteiger partial charge >= 0.3 is 6.61 Å². The van der Waals surface area contributed by atoms with Crippen LogP contribution in [0.2, 0.25) is 0 Å². The number of hydrogen-bond acceptors (Lipinski definition) is 4. The van der Waals surface area contributed by atoms with Gasteiger partial charge in [-0.25, -0.2) is 0 Å². The molecule has 0 saturated heterocycles. The Morgan fingerprint density at radius 2 is 1.97 bits per heavy atom. The molecule has 0 aliphatic carbocycles. The largest absolute Gasteiger partial charge is 0.493 e. The van der Waals surface area contributed by atoms with E-state index in [0.717, 1.165) is 21.3 Å². The third-order valence-electron chi connectivity index (χ3n) is 4.99. The molecule has 0 saturated carbocycles. The molecule has 0 bridgehead atoms. The van der Waals surface area contributed by atoms with Crippen molar-refractivity contribution in [3.05, 3.63) is 82.2 Å². The average molecular weight is 442 g/mol. The number of aromatic amines is 1. The number of hydrogen-bond donors (Lipinski definition) is 2. The summed E-state index contributed by atoms with van der Waals surface area (Å²) < 4.78 is 34.6. The van der Waals surface area contributed by atoms with Gasteiger partial charge in [0.05, 0.1) is 7.11 Å². The van der Waals surface area contributed by atoms with Crippen LogP contribution in [0.15, 0.2) is 66.2 Å². The van der Waals surface area contributed by atoms with Crippen molar-refractivity contribution < 1.29 is 23.0 Å². The molecule has 2 aromatic carbocycles. The Kier molecular flexibility index (Phi) is 6.18. The van der Waals surface area contributed by atoms with Crippen LogP contribution in [0.5, 0.6) is 11.5 Å². The standard InChI is InChI=1S/C23H20F2N2O3S/c1-29-20-11-14(8-9-19(20)30-23(24)25)22(28)27-13-17(21-7-4-10-31-21)16-12-26-18-6-3-2-5-15(16)18/h2-12,17,23,26H,13H2,1H3,(H,27,28). The average Bonchev–Trinajstić information content (AvgIpc) is 3.44. The van der Waals surface area contributed by atoms with Crippen molar-refractivity contribution in [2.45, 2.75) is 12.5 Å². The van der Waals surface area contributed by atoms with Crippen molar-refractivity contribution >= 4 is 28.1 Å². The van der Waals surface area contributed by atoms with Gasteiger partial charge in [-0.3, -0.25) is 4.79 Å². The van der Waals surface area contributed by atoms with Gasteiger partial charge in [-0.2, -0.15) is 8.78 Å². The smallest absolute Gasteiger partial charge is 0.387 e. The second kappa shape index (κ2) is 9.18. The Morgan fingerprint density at radius 1 is 1.13 bits per heavy atom. The fraction of sp³-hybridized carbons (Fsp3) is 0.174. The summed E-state index contributed by atoms with van der Waals surface area (Å²) in [6.07, 6.45) is 1.97. The van der Waals surface area contributed by atoms with Gasteiger partial charge in [0.25, 0.3) is 5.91 Å². The highest BCUT2D eigenvalue weighted by atomic mass is 32.1. The van der Waals surface area contributed by atoms with Gasteiger partial charge in [0.1, 0.15) is 0 Å². The lowest BCUT2D eigenvalue weighted by Gasteiger charge is -2.17. The van der Waals surface area contributed by atoms with Crippen molar-refractivity contribution in [2.75, 3.05) is 13.7 Å². The molecule has 0 aliphatic rings. The fourth-order valence-corrected chi connectivity index (χ4v) is 4.38. The molecular formula is C23H20F2N2O3S. The Bertz CT molecular complexity index is 1170. The van der Waals surface area contributed by atoms with E-state index in [2.05, 4.69) is 21.1 Å². The number of fused-ring (bicyclic) bond motifs is 1. The van der Waals surface area contributed by atoms with Crippen LogP contribution in [0.1, 0.15) is 26.7 Å². The van der Waals surface area contributed by atoms with E-state index in [9.17, 15) is 13.6 Å². The van der Waals surface area contributed by atoms with Crippen molar-refractivity contribution in [1.29, 1.82) is 0 Å². The molecule has 4 rings (SSSR count). The molecule has 1 amide bonds. The number of rotatable bonds is 8. The number of H-pyrrole nitrogens is 1. The van der Waals surface area contributed by atoms with E-state index in [-0.39, 0.29) is 23.3 Å². The number of ether oxygens (including phenoxy) is 2. The minimum absolute atomic E-state index is 0.0385. The van der Waals surface area contributed by atoms with Crippen molar-refractivity contribution in [1.82, 2.24) is 10.3 Å². The van der Waals surface area contributed by atoms with E-state index in [0.29, 0.717) is 12.1 Å². The van der Waals surface area contributed by atoms with Crippen LogP contribution in [-0.2, 0) is 0 Å². The Labute approximate surface area is 181 Å². The molecule has 1 atom stereocenters. The Balaban J connectivity index is 1.56. The summed E-state index contributed by atoms with van der Waals surface area (Å²) in [5.41, 5.74) is 2.42. The number of alkyl halides is 2. The summed E-state index contributed by atoms with van der Waals surface area (Å²) in [5, 5.41) is 6.07. The normalized spacial score (nSPS) is 12.1. The number of nitrogens with one attached hydrogen (secondary N) is 2. The molecule has 0 spiro atoms. The summed E-state index contributed by atoms with van der Waals surface area (Å²) in [6, 6.07) is 16.2. The van der Waals surface area contributed by atoms with Crippen LogP contribution < -0.4 is 14.8 Å². The van der Waals surface area contributed by atoms with Gasteiger partial charge < -0.3 is 19.8 Å². The maximum Gasteiger partial charge on any atom is 0.387 e. The topological polar surface area (TPSA) is 63.3 Å². The number of carbonyl (C=O) groups is 1. The fourth-order valence-electron chi connectivity index (χ4n) is 3.53. The molecule has 5 nitrogen and oxygen atoms in total. The predicted molar refractivity (Wildman–Crippen MR) is 116 cm³/mol. The first-order valence-corrected chi connectivity index (χ1v) is 10.4. The van der Waals surface area contributed by atoms with Crippen LogP contribution in [0.3, 0.4) is 0 Å². The summed E-state index contributed by atoms with van der Waals surface area (Å²) in [7, 11) is 1.33. The number of benzene rings is 2. The van der Waals surface area contributed by atoms with Gasteiger partial charge in [0, 0.05) is 40.0 Å². The first-order valence-electron chi connectivity index (χ1n) is 9.57. The van der Waals surface area contributed by atoms with Crippen molar-refractivity contribution in [3.63, 3.8) is 0 Å². The van der Waals surface area contributed by atoms with Crippen molar-refractivity contribution in [2.24, 2.45) is 0 Å². The number of para-hydroxylation sites is 1. The molecule has 2 aromatic heterocycles. The van der Waals surface area contributed by atoms with Gasteiger partial charge in [0.2, 0.25) is 0 Å². The van der Waals surface area contributed by atoms with E-state index >= 15 is 0 Å². The molecule has 1 unspecified atom stereocenters. The minimum atomic E-state index is -2.98. The zero-order chi connectivity index (χ0) is 21.8. The van der Waals surface area contributed by atoms with Crippen LogP contribution in [0.25, 0.3) is 10.9 Å². The minimum Gasteiger partial charge on any atom is -0.493 e. The first-order chi connectivity index (χ1) is 15.1. The highest BCUT2D eigenvalue weighted by molar-refractivity contribution is 7.10. The number of methoxy groups -OCH3 is 1. The van der Waals surface area contributed by atoms with E-state index in [1.165, 1.54) is 25.3 Å². The monoisotopic (exact) mass is 442 g/mol. The Hall–Kier alpha value is -3.39. The van der Waals surface area contributed by atoms with E-state index in [1.54, 1.807) is 11.3 Å². The molecular weight excluding hydrogens is 422 g/mol. The summed E-state index contributed by atoms with van der Waals surface area (Å²) >= 11 is 1.63. The number of halogens is 2. The second-order valence-corrected chi connectivity index (χ2v) is 7.79. The summed E-state index contributed by atoms with van der Waals surface area (Å²) in [6.45, 7) is -2.60. The molecule has 2 heterocycles. The summed E-state index contributed by atoms with van der Waals surface area (Å²) in [4.78, 5) is 17.2. The summed E-state index contributed by atoms with van der Waals surface area (Å²) in [5.74, 6) is -0.421. The number of carbonyl (C=O) groups excluding carboxylic acids is 1. The van der Waals surface area contributed by atoms with Gasteiger partial charge in [0.15, 0.2) is 11.5 Å². The first kappa shape index (κ1) is 20.9. The van der Waals surface area contributed by atoms with Crippen LogP contribution in [0, 0.1) is 0 Å². The highest BCUT2D eigenvalue weighted by Gasteiger charge is 2.21. The third kappa shape index (κ3) is 4.54. The van der Waals surface area contributed by atoms with E-state index < -0.39 is 6.61 Å². The highest BCUT2D eigenvalue weighted by Crippen LogP contribution is 2.33. The van der Waals surface area contributed by atoms with Crippen LogP contribution in [0.4, 0.5) is 8.78 Å². The molecule has 4 aromatic rings. The predicted octanol–water partition coefficient (Wildman–Crippen LogP) is 5.40. The van der Waals surface area contributed by atoms with Crippen LogP contribution in [-0.4, -0.2) is 31.2 Å². The Morgan fingerprint density at radius 3 is 2.71 bits per heavy atom. The molecule has 31 heavy (non-hydrogen) atoms. The maximum absolute atomic E-state index is 12.8. The van der Waals surface area contributed by atoms with Crippen LogP contribution >= 0.6 is 11.3 Å². The SMILES string of the molecule is COc1cc(C(=O)NCC(c2cccs2)c2c[nH]c3ccccc23)ccc1OC(F)F. The van der Waals surface area contributed by atoms with E-state index in [1.807, 2.05) is 41.9 Å². The maximum atomic E-state index is 12.8. The quantitative estimate of drug-likeness (QED) is 0.384. The second-order valence-electron chi connectivity index (χ2n) is 6.81. The van der Waals surface area contributed by atoms with Gasteiger partial charge in [-0.15, -0.1) is 11.3 Å². The molecule has 8 heteroatoms. The zero-order valence-electron chi connectivity index (χ0n) is 16.6. The van der Waals surface area contributed by atoms with Crippen molar-refractivity contribution in [3.8, 4) is 11.5 Å². The molecule has 2 N–H and O–H groups in total. The molecule has 0 aliphatic heterocycles. The number of thiophene rings is 1. The van der Waals surface area contributed by atoms with Gasteiger partial charge in [-0.1, -0.05) is 24.3 Å². The lowest BCUT2D eigenvalue weighted by molar-refractivity contribution is -0.0512. The molecule has 160 valence electrons. The lowest BCUT2D eigenvalue weighted by atomic mass is 9.96. The molecule has 0 radical (unpaired) electrons. The number of aromatic nitrogens is 1. The lowest BCUT2D eigenvalue weighted by Crippen LogP contribution is -2.28.